The highest BCUT2D eigenvalue weighted by Crippen LogP contribution is 2.42. The third kappa shape index (κ3) is 7.09. The molecular weight excluding hydrogens is 518 g/mol. The molecule has 1 aliphatic heterocycles. The molecule has 0 spiro atoms. The second-order valence-corrected chi connectivity index (χ2v) is 9.88. The Morgan fingerprint density at radius 1 is 0.829 bits per heavy atom. The molecular formula is C34H39NO6. The van der Waals surface area contributed by atoms with Crippen molar-refractivity contribution in [2.75, 3.05) is 26.4 Å². The van der Waals surface area contributed by atoms with Gasteiger partial charge in [-0.25, -0.2) is 0 Å². The fourth-order valence-corrected chi connectivity index (χ4v) is 5.00. The zero-order valence-corrected chi connectivity index (χ0v) is 24.1. The highest BCUT2D eigenvalue weighted by molar-refractivity contribution is 6.46. The highest BCUT2D eigenvalue weighted by atomic mass is 16.5. The normalized spacial score (nSPS) is 16.2. The van der Waals surface area contributed by atoms with Gasteiger partial charge in [0.05, 0.1) is 31.4 Å². The van der Waals surface area contributed by atoms with Gasteiger partial charge in [-0.3, -0.25) is 9.59 Å². The van der Waals surface area contributed by atoms with Crippen molar-refractivity contribution in [3.8, 4) is 17.2 Å². The first-order valence-electron chi connectivity index (χ1n) is 14.4. The summed E-state index contributed by atoms with van der Waals surface area (Å²) in [5, 5.41) is 11.4. The van der Waals surface area contributed by atoms with Crippen molar-refractivity contribution in [2.45, 2.75) is 52.5 Å². The molecule has 1 unspecified atom stereocenters. The number of amides is 1. The minimum Gasteiger partial charge on any atom is -0.507 e. The first-order chi connectivity index (χ1) is 20.0. The van der Waals surface area contributed by atoms with Crippen LogP contribution >= 0.6 is 0 Å². The molecule has 4 rings (SSSR count). The van der Waals surface area contributed by atoms with Crippen LogP contribution < -0.4 is 14.2 Å². The van der Waals surface area contributed by atoms with Crippen LogP contribution in [-0.4, -0.2) is 48.1 Å². The van der Waals surface area contributed by atoms with Crippen molar-refractivity contribution in [1.29, 1.82) is 0 Å². The molecule has 216 valence electrons. The Kier molecular flexibility index (Phi) is 10.4. The van der Waals surface area contributed by atoms with E-state index >= 15 is 0 Å². The van der Waals surface area contributed by atoms with E-state index in [1.54, 1.807) is 29.2 Å². The van der Waals surface area contributed by atoms with E-state index in [2.05, 4.69) is 6.92 Å². The predicted molar refractivity (Wildman–Crippen MR) is 159 cm³/mol. The van der Waals surface area contributed by atoms with E-state index in [4.69, 9.17) is 14.2 Å². The van der Waals surface area contributed by atoms with E-state index < -0.39 is 17.7 Å². The summed E-state index contributed by atoms with van der Waals surface area (Å²) in [7, 11) is 0. The monoisotopic (exact) mass is 557 g/mol. The Hall–Kier alpha value is -4.26. The highest BCUT2D eigenvalue weighted by Gasteiger charge is 2.46. The first kappa shape index (κ1) is 29.7. The van der Waals surface area contributed by atoms with Crippen LogP contribution in [0.4, 0.5) is 0 Å². The maximum atomic E-state index is 13.5. The van der Waals surface area contributed by atoms with Crippen LogP contribution in [-0.2, 0) is 16.0 Å². The molecule has 0 radical (unpaired) electrons. The summed E-state index contributed by atoms with van der Waals surface area (Å²) in [5.74, 6) is 0.218. The summed E-state index contributed by atoms with van der Waals surface area (Å²) in [6, 6.07) is 21.3. The Labute approximate surface area is 242 Å². The summed E-state index contributed by atoms with van der Waals surface area (Å²) >= 11 is 0. The SMILES string of the molecule is CCCCCOc1ccc(C2/C(=C(\O)c3ccc(OCC)cc3)C(=O)C(=O)N2CCc2ccccc2)cc1OCC. The van der Waals surface area contributed by atoms with E-state index in [1.165, 1.54) is 0 Å². The fraction of sp³-hybridized carbons (Fsp3) is 0.353. The molecule has 41 heavy (non-hydrogen) atoms. The zero-order chi connectivity index (χ0) is 29.2. The van der Waals surface area contributed by atoms with Crippen LogP contribution in [0.1, 0.15) is 62.8 Å². The van der Waals surface area contributed by atoms with Gasteiger partial charge >= 0.3 is 0 Å². The molecule has 1 atom stereocenters. The summed E-state index contributed by atoms with van der Waals surface area (Å²) in [6.45, 7) is 7.74. The average Bonchev–Trinajstić information content (AvgIpc) is 3.24. The second kappa shape index (κ2) is 14.4. The van der Waals surface area contributed by atoms with Crippen LogP contribution in [0.3, 0.4) is 0 Å². The van der Waals surface area contributed by atoms with Crippen LogP contribution in [0.5, 0.6) is 17.2 Å². The van der Waals surface area contributed by atoms with Gasteiger partial charge in [0.25, 0.3) is 11.7 Å². The predicted octanol–water partition coefficient (Wildman–Crippen LogP) is 6.72. The van der Waals surface area contributed by atoms with E-state index in [0.29, 0.717) is 61.2 Å². The molecule has 0 bridgehead atoms. The minimum absolute atomic E-state index is 0.0475. The molecule has 1 amide bonds. The number of ether oxygens (including phenoxy) is 3. The van der Waals surface area contributed by atoms with E-state index in [9.17, 15) is 14.7 Å². The topological polar surface area (TPSA) is 85.3 Å². The number of hydrogen-bond donors (Lipinski definition) is 1. The van der Waals surface area contributed by atoms with Gasteiger partial charge in [0, 0.05) is 12.1 Å². The lowest BCUT2D eigenvalue weighted by Crippen LogP contribution is -2.31. The Balaban J connectivity index is 1.75. The van der Waals surface area contributed by atoms with Crippen LogP contribution in [0, 0.1) is 0 Å². The largest absolute Gasteiger partial charge is 0.507 e. The maximum Gasteiger partial charge on any atom is 0.295 e. The number of nitrogens with zero attached hydrogens (tertiary/aromatic N) is 1. The number of carbonyl (C=O) groups excluding carboxylic acids is 2. The van der Waals surface area contributed by atoms with Crippen LogP contribution in [0.2, 0.25) is 0 Å². The molecule has 3 aromatic carbocycles. The number of aliphatic hydroxyl groups excluding tert-OH is 1. The molecule has 3 aromatic rings. The first-order valence-corrected chi connectivity index (χ1v) is 14.4. The van der Waals surface area contributed by atoms with Crippen molar-refractivity contribution < 1.29 is 28.9 Å². The van der Waals surface area contributed by atoms with Crippen molar-refractivity contribution >= 4 is 17.4 Å². The number of unbranched alkanes of at least 4 members (excludes halogenated alkanes) is 2. The molecule has 0 saturated carbocycles. The number of benzene rings is 3. The smallest absolute Gasteiger partial charge is 0.295 e. The zero-order valence-electron chi connectivity index (χ0n) is 24.1. The molecule has 1 aliphatic rings. The van der Waals surface area contributed by atoms with Gasteiger partial charge < -0.3 is 24.2 Å². The number of rotatable bonds is 14. The van der Waals surface area contributed by atoms with Gasteiger partial charge in [0.2, 0.25) is 0 Å². The summed E-state index contributed by atoms with van der Waals surface area (Å²) in [4.78, 5) is 28.5. The van der Waals surface area contributed by atoms with E-state index in [0.717, 1.165) is 24.8 Å². The lowest BCUT2D eigenvalue weighted by Gasteiger charge is -2.26. The van der Waals surface area contributed by atoms with Crippen molar-refractivity contribution in [1.82, 2.24) is 4.90 Å². The third-order valence-electron chi connectivity index (χ3n) is 7.05. The number of ketones is 1. The Morgan fingerprint density at radius 3 is 2.24 bits per heavy atom. The molecule has 0 aromatic heterocycles. The molecule has 7 nitrogen and oxygen atoms in total. The number of hydrogen-bond acceptors (Lipinski definition) is 6. The molecule has 1 fully saturated rings. The summed E-state index contributed by atoms with van der Waals surface area (Å²) in [6.07, 6.45) is 3.66. The molecule has 0 aliphatic carbocycles. The molecule has 1 heterocycles. The van der Waals surface area contributed by atoms with Gasteiger partial charge in [-0.1, -0.05) is 56.2 Å². The fourth-order valence-electron chi connectivity index (χ4n) is 5.00. The van der Waals surface area contributed by atoms with Gasteiger partial charge in [-0.15, -0.1) is 0 Å². The molecule has 1 saturated heterocycles. The standard InChI is InChI=1S/C34H39NO6/c1-4-7-11-22-41-28-19-16-26(23-29(28)40-6-3)31-30(32(36)25-14-17-27(18-15-25)39-5-2)33(37)34(38)35(31)21-20-24-12-9-8-10-13-24/h8-10,12-19,23,31,36H,4-7,11,20-22H2,1-3H3/b32-30+. The van der Waals surface area contributed by atoms with Crippen molar-refractivity contribution in [2.24, 2.45) is 0 Å². The van der Waals surface area contributed by atoms with Crippen molar-refractivity contribution in [3.05, 3.63) is 95.1 Å². The summed E-state index contributed by atoms with van der Waals surface area (Å²) in [5.41, 5.74) is 2.19. The quantitative estimate of drug-likeness (QED) is 0.103. The number of likely N-dealkylation sites (tertiary alicyclic amines) is 1. The Morgan fingerprint density at radius 2 is 1.56 bits per heavy atom. The third-order valence-corrected chi connectivity index (χ3v) is 7.05. The van der Waals surface area contributed by atoms with Crippen LogP contribution in [0.25, 0.3) is 5.76 Å². The maximum absolute atomic E-state index is 13.5. The Bertz CT molecular complexity index is 1350. The minimum atomic E-state index is -0.793. The van der Waals surface area contributed by atoms with Crippen molar-refractivity contribution in [3.63, 3.8) is 0 Å². The van der Waals surface area contributed by atoms with Gasteiger partial charge in [-0.2, -0.15) is 0 Å². The molecule has 7 heteroatoms. The number of Topliss-reactive ketones (excluding diaryl/α,β-unsaturated/α-hetero) is 1. The lowest BCUT2D eigenvalue weighted by atomic mass is 9.94. The second-order valence-electron chi connectivity index (χ2n) is 9.88. The molecule has 1 N–H and O–H groups in total. The lowest BCUT2D eigenvalue weighted by molar-refractivity contribution is -0.139. The van der Waals surface area contributed by atoms with Gasteiger partial charge in [0.15, 0.2) is 11.5 Å². The summed E-state index contributed by atoms with van der Waals surface area (Å²) < 4.78 is 17.5. The van der Waals surface area contributed by atoms with Crippen LogP contribution in [0.15, 0.2) is 78.4 Å². The van der Waals surface area contributed by atoms with Gasteiger partial charge in [-0.05, 0) is 74.2 Å². The number of carbonyl (C=O) groups is 2. The number of aliphatic hydroxyl groups is 1. The van der Waals surface area contributed by atoms with E-state index in [1.807, 2.05) is 62.4 Å². The van der Waals surface area contributed by atoms with E-state index in [-0.39, 0.29) is 11.3 Å². The van der Waals surface area contributed by atoms with Gasteiger partial charge in [0.1, 0.15) is 11.5 Å². The average molecular weight is 558 g/mol.